The largest absolute Gasteiger partial charge is 0.398 e. The van der Waals surface area contributed by atoms with Crippen molar-refractivity contribution in [3.05, 3.63) is 41.4 Å². The first kappa shape index (κ1) is 14.3. The van der Waals surface area contributed by atoms with Crippen LogP contribution in [0.25, 0.3) is 0 Å². The number of rotatable bonds is 4. The lowest BCUT2D eigenvalue weighted by Crippen LogP contribution is -2.12. The van der Waals surface area contributed by atoms with Gasteiger partial charge in [-0.15, -0.1) is 19.0 Å². The molecule has 2 nitrogen and oxygen atoms in total. The van der Waals surface area contributed by atoms with E-state index in [-0.39, 0.29) is 18.4 Å². The highest BCUT2D eigenvalue weighted by Gasteiger charge is 2.08. The standard InChI is InChI=1S/C11H15ClN2.ClH/c1-2-3-4-10(13)9-7-8(12)5-6-11(9)14;/h2,5-7,10H,1,3-4,13-14H2;1H/t10-;/m0./s1. The highest BCUT2D eigenvalue weighted by molar-refractivity contribution is 6.30. The van der Waals surface area contributed by atoms with Crippen LogP contribution in [0.4, 0.5) is 5.69 Å². The number of halogens is 2. The SMILES string of the molecule is C=CCC[C@H](N)c1cc(Cl)ccc1N.Cl. The van der Waals surface area contributed by atoms with E-state index in [1.165, 1.54) is 0 Å². The fraction of sp³-hybridized carbons (Fsp3) is 0.273. The van der Waals surface area contributed by atoms with Crippen LogP contribution < -0.4 is 11.5 Å². The van der Waals surface area contributed by atoms with Gasteiger partial charge in [0.25, 0.3) is 0 Å². The van der Waals surface area contributed by atoms with Crippen LogP contribution in [-0.2, 0) is 0 Å². The van der Waals surface area contributed by atoms with Crippen molar-refractivity contribution in [2.45, 2.75) is 18.9 Å². The molecule has 0 aliphatic rings. The molecule has 1 atom stereocenters. The van der Waals surface area contributed by atoms with Crippen LogP contribution in [0.2, 0.25) is 5.02 Å². The number of hydrogen-bond donors (Lipinski definition) is 2. The zero-order valence-electron chi connectivity index (χ0n) is 8.45. The van der Waals surface area contributed by atoms with Crippen molar-refractivity contribution in [2.24, 2.45) is 5.73 Å². The van der Waals surface area contributed by atoms with E-state index in [1.807, 2.05) is 12.1 Å². The average molecular weight is 247 g/mol. The van der Waals surface area contributed by atoms with E-state index >= 15 is 0 Å². The number of nitrogens with two attached hydrogens (primary N) is 2. The van der Waals surface area contributed by atoms with Crippen LogP contribution >= 0.6 is 24.0 Å². The van der Waals surface area contributed by atoms with Gasteiger partial charge in [0.1, 0.15) is 0 Å². The van der Waals surface area contributed by atoms with Crippen molar-refractivity contribution in [1.82, 2.24) is 0 Å². The molecule has 84 valence electrons. The molecule has 1 rings (SSSR count). The molecular formula is C11H16Cl2N2. The van der Waals surface area contributed by atoms with E-state index in [4.69, 9.17) is 23.1 Å². The Morgan fingerprint density at radius 3 is 2.73 bits per heavy atom. The summed E-state index contributed by atoms with van der Waals surface area (Å²) in [4.78, 5) is 0. The second-order valence-corrected chi connectivity index (χ2v) is 3.68. The molecule has 0 amide bonds. The summed E-state index contributed by atoms with van der Waals surface area (Å²) in [6.07, 6.45) is 3.57. The molecule has 0 aromatic heterocycles. The molecule has 0 saturated carbocycles. The molecule has 4 heteroatoms. The fourth-order valence-corrected chi connectivity index (χ4v) is 1.50. The molecule has 0 bridgehead atoms. The molecule has 0 aliphatic carbocycles. The monoisotopic (exact) mass is 246 g/mol. The molecule has 0 heterocycles. The summed E-state index contributed by atoms with van der Waals surface area (Å²) >= 11 is 5.86. The normalized spacial score (nSPS) is 11.6. The molecule has 0 saturated heterocycles. The third kappa shape index (κ3) is 4.12. The van der Waals surface area contributed by atoms with Gasteiger partial charge < -0.3 is 11.5 Å². The third-order valence-electron chi connectivity index (χ3n) is 2.13. The predicted molar refractivity (Wildman–Crippen MR) is 69.5 cm³/mol. The summed E-state index contributed by atoms with van der Waals surface area (Å²) < 4.78 is 0. The van der Waals surface area contributed by atoms with E-state index in [0.29, 0.717) is 10.7 Å². The van der Waals surface area contributed by atoms with Crippen LogP contribution in [-0.4, -0.2) is 0 Å². The maximum Gasteiger partial charge on any atom is 0.0410 e. The van der Waals surface area contributed by atoms with Crippen LogP contribution in [0.3, 0.4) is 0 Å². The number of benzene rings is 1. The van der Waals surface area contributed by atoms with E-state index in [1.54, 1.807) is 12.1 Å². The number of hydrogen-bond acceptors (Lipinski definition) is 2. The lowest BCUT2D eigenvalue weighted by atomic mass is 10.0. The summed E-state index contributed by atoms with van der Waals surface area (Å²) in [6, 6.07) is 5.31. The molecule has 1 aromatic carbocycles. The smallest absolute Gasteiger partial charge is 0.0410 e. The maximum absolute atomic E-state index is 5.96. The Kier molecular flexibility index (Phi) is 6.41. The minimum Gasteiger partial charge on any atom is -0.398 e. The zero-order chi connectivity index (χ0) is 10.6. The summed E-state index contributed by atoms with van der Waals surface area (Å²) in [7, 11) is 0. The Bertz CT molecular complexity index is 326. The predicted octanol–water partition coefficient (Wildman–Crippen LogP) is 3.31. The third-order valence-corrected chi connectivity index (χ3v) is 2.37. The summed E-state index contributed by atoms with van der Waals surface area (Å²) in [5.74, 6) is 0. The van der Waals surface area contributed by atoms with Gasteiger partial charge in [-0.2, -0.15) is 0 Å². The summed E-state index contributed by atoms with van der Waals surface area (Å²) in [5, 5.41) is 0.670. The number of anilines is 1. The van der Waals surface area contributed by atoms with Crippen molar-refractivity contribution in [3.8, 4) is 0 Å². The molecule has 0 aliphatic heterocycles. The lowest BCUT2D eigenvalue weighted by Gasteiger charge is -2.13. The molecule has 4 N–H and O–H groups in total. The molecule has 0 unspecified atom stereocenters. The van der Waals surface area contributed by atoms with Gasteiger partial charge in [-0.1, -0.05) is 17.7 Å². The van der Waals surface area contributed by atoms with Crippen LogP contribution in [0.15, 0.2) is 30.9 Å². The Morgan fingerprint density at radius 1 is 1.47 bits per heavy atom. The van der Waals surface area contributed by atoms with Gasteiger partial charge in [0, 0.05) is 16.8 Å². The Balaban J connectivity index is 0.00000196. The minimum atomic E-state index is -0.0632. The van der Waals surface area contributed by atoms with Gasteiger partial charge in [-0.05, 0) is 36.6 Å². The zero-order valence-corrected chi connectivity index (χ0v) is 10.0. The van der Waals surface area contributed by atoms with E-state index in [9.17, 15) is 0 Å². The van der Waals surface area contributed by atoms with Crippen molar-refractivity contribution >= 4 is 29.7 Å². The fourth-order valence-electron chi connectivity index (χ4n) is 1.32. The highest BCUT2D eigenvalue weighted by atomic mass is 35.5. The first-order valence-corrected chi connectivity index (χ1v) is 4.94. The number of nitrogen functional groups attached to an aromatic ring is 1. The van der Waals surface area contributed by atoms with Crippen LogP contribution in [0.5, 0.6) is 0 Å². The number of allylic oxidation sites excluding steroid dienone is 1. The summed E-state index contributed by atoms with van der Waals surface area (Å²) in [5.41, 5.74) is 13.4. The first-order valence-electron chi connectivity index (χ1n) is 4.56. The van der Waals surface area contributed by atoms with E-state index < -0.39 is 0 Å². The average Bonchev–Trinajstić information content (AvgIpc) is 2.18. The van der Waals surface area contributed by atoms with Gasteiger partial charge in [-0.3, -0.25) is 0 Å². The molecule has 1 aromatic rings. The summed E-state index contributed by atoms with van der Waals surface area (Å²) in [6.45, 7) is 3.65. The van der Waals surface area contributed by atoms with Crippen molar-refractivity contribution in [1.29, 1.82) is 0 Å². The van der Waals surface area contributed by atoms with Gasteiger partial charge >= 0.3 is 0 Å². The van der Waals surface area contributed by atoms with Crippen molar-refractivity contribution < 1.29 is 0 Å². The van der Waals surface area contributed by atoms with Crippen molar-refractivity contribution in [2.75, 3.05) is 5.73 Å². The van der Waals surface area contributed by atoms with Crippen LogP contribution in [0, 0.1) is 0 Å². The Morgan fingerprint density at radius 2 is 2.13 bits per heavy atom. The topological polar surface area (TPSA) is 52.0 Å². The minimum absolute atomic E-state index is 0. The van der Waals surface area contributed by atoms with Crippen LogP contribution in [0.1, 0.15) is 24.4 Å². The second-order valence-electron chi connectivity index (χ2n) is 3.25. The lowest BCUT2D eigenvalue weighted by molar-refractivity contribution is 0.663. The van der Waals surface area contributed by atoms with Gasteiger partial charge in [0.05, 0.1) is 0 Å². The quantitative estimate of drug-likeness (QED) is 0.633. The molecule has 0 radical (unpaired) electrons. The second kappa shape index (κ2) is 6.72. The first-order chi connectivity index (χ1) is 6.65. The van der Waals surface area contributed by atoms with Gasteiger partial charge in [0.15, 0.2) is 0 Å². The van der Waals surface area contributed by atoms with E-state index in [0.717, 1.165) is 18.4 Å². The van der Waals surface area contributed by atoms with Crippen molar-refractivity contribution in [3.63, 3.8) is 0 Å². The molecular weight excluding hydrogens is 231 g/mol. The maximum atomic E-state index is 5.96. The van der Waals surface area contributed by atoms with Gasteiger partial charge in [-0.25, -0.2) is 0 Å². The molecule has 15 heavy (non-hydrogen) atoms. The van der Waals surface area contributed by atoms with Gasteiger partial charge in [0.2, 0.25) is 0 Å². The molecule has 0 spiro atoms. The molecule has 0 fully saturated rings. The highest BCUT2D eigenvalue weighted by Crippen LogP contribution is 2.25. The Labute approximate surface area is 102 Å². The van der Waals surface area contributed by atoms with E-state index in [2.05, 4.69) is 6.58 Å². The Hall–Kier alpha value is -0.700.